The average Bonchev–Trinajstić information content (AvgIpc) is 2.85. The number of hydrogen-bond donors (Lipinski definition) is 1. The van der Waals surface area contributed by atoms with Crippen molar-refractivity contribution in [1.29, 1.82) is 0 Å². The van der Waals surface area contributed by atoms with Crippen molar-refractivity contribution in [3.05, 3.63) is 54.4 Å². The van der Waals surface area contributed by atoms with Crippen LogP contribution in [0.5, 0.6) is 0 Å². The maximum atomic E-state index is 4.47. The summed E-state index contributed by atoms with van der Waals surface area (Å²) >= 11 is 0. The van der Waals surface area contributed by atoms with Crippen LogP contribution in [-0.2, 0) is 6.54 Å². The Morgan fingerprint density at radius 1 is 1.33 bits per heavy atom. The normalized spacial score (nSPS) is 10.7. The second-order valence-electron chi connectivity index (χ2n) is 4.10. The Bertz CT molecular complexity index is 659. The number of aryl methyl sites for hydroxylation is 1. The van der Waals surface area contributed by atoms with Crippen LogP contribution in [-0.4, -0.2) is 19.4 Å². The molecule has 0 atom stereocenters. The minimum absolute atomic E-state index is 0.687. The van der Waals surface area contributed by atoms with Crippen molar-refractivity contribution < 1.29 is 0 Å². The van der Waals surface area contributed by atoms with Crippen LogP contribution in [0.2, 0.25) is 0 Å². The number of imidazole rings is 1. The van der Waals surface area contributed by atoms with Crippen molar-refractivity contribution in [3.63, 3.8) is 0 Å². The van der Waals surface area contributed by atoms with E-state index in [2.05, 4.69) is 20.3 Å². The second-order valence-corrected chi connectivity index (χ2v) is 4.10. The smallest absolute Gasteiger partial charge is 0.180 e. The van der Waals surface area contributed by atoms with Crippen LogP contribution < -0.4 is 5.32 Å². The number of pyridine rings is 1. The Labute approximate surface area is 105 Å². The molecule has 0 aliphatic carbocycles. The molecule has 0 unspecified atom stereocenters. The predicted octanol–water partition coefficient (Wildman–Crippen LogP) is 2.04. The zero-order valence-electron chi connectivity index (χ0n) is 10.0. The fraction of sp³-hybridized carbons (Fsp3) is 0.154. The number of fused-ring (bicyclic) bond motifs is 1. The van der Waals surface area contributed by atoms with Gasteiger partial charge in [-0.3, -0.25) is 4.98 Å². The maximum absolute atomic E-state index is 4.47. The fourth-order valence-electron chi connectivity index (χ4n) is 1.86. The van der Waals surface area contributed by atoms with Gasteiger partial charge in [0.2, 0.25) is 0 Å². The molecule has 3 aromatic heterocycles. The van der Waals surface area contributed by atoms with E-state index in [0.29, 0.717) is 6.54 Å². The summed E-state index contributed by atoms with van der Waals surface area (Å²) in [6.45, 7) is 2.65. The minimum Gasteiger partial charge on any atom is -0.363 e. The summed E-state index contributed by atoms with van der Waals surface area (Å²) < 4.78 is 1.97. The zero-order valence-corrected chi connectivity index (χ0v) is 10.0. The third kappa shape index (κ3) is 2.02. The molecule has 5 nitrogen and oxygen atoms in total. The van der Waals surface area contributed by atoms with Gasteiger partial charge in [-0.25, -0.2) is 9.97 Å². The maximum Gasteiger partial charge on any atom is 0.180 e. The molecule has 0 spiro atoms. The molecule has 0 amide bonds. The van der Waals surface area contributed by atoms with Crippen LogP contribution in [0.3, 0.4) is 0 Å². The Balaban J connectivity index is 1.88. The van der Waals surface area contributed by atoms with E-state index in [1.165, 1.54) is 0 Å². The molecule has 3 aromatic rings. The van der Waals surface area contributed by atoms with E-state index in [0.717, 1.165) is 22.7 Å². The van der Waals surface area contributed by atoms with Gasteiger partial charge in [0.15, 0.2) is 11.5 Å². The van der Waals surface area contributed by atoms with E-state index >= 15 is 0 Å². The molecule has 0 aromatic carbocycles. The highest BCUT2D eigenvalue weighted by atomic mass is 15.1. The molecule has 0 radical (unpaired) electrons. The molecule has 0 aliphatic rings. The molecular formula is C13H13N5. The van der Waals surface area contributed by atoms with E-state index < -0.39 is 0 Å². The standard InChI is InChI=1S/C13H13N5/c1-10-9-18-6-5-15-13(18)12(17-10)16-8-11-3-2-4-14-7-11/h2-7,9H,8H2,1H3,(H,16,17). The van der Waals surface area contributed by atoms with Crippen molar-refractivity contribution in [2.75, 3.05) is 5.32 Å². The van der Waals surface area contributed by atoms with Crippen LogP contribution in [0, 0.1) is 6.92 Å². The summed E-state index contributed by atoms with van der Waals surface area (Å²) in [7, 11) is 0. The van der Waals surface area contributed by atoms with Crippen LogP contribution in [0.4, 0.5) is 5.82 Å². The minimum atomic E-state index is 0.687. The monoisotopic (exact) mass is 239 g/mol. The van der Waals surface area contributed by atoms with Gasteiger partial charge in [-0.1, -0.05) is 6.07 Å². The van der Waals surface area contributed by atoms with Crippen molar-refractivity contribution in [2.24, 2.45) is 0 Å². The van der Waals surface area contributed by atoms with E-state index in [9.17, 15) is 0 Å². The number of anilines is 1. The summed E-state index contributed by atoms with van der Waals surface area (Å²) in [6, 6.07) is 3.95. The van der Waals surface area contributed by atoms with Gasteiger partial charge in [0.1, 0.15) is 0 Å². The Morgan fingerprint density at radius 3 is 3.11 bits per heavy atom. The van der Waals surface area contributed by atoms with Gasteiger partial charge in [-0.05, 0) is 18.6 Å². The van der Waals surface area contributed by atoms with Gasteiger partial charge in [0, 0.05) is 37.5 Å². The molecule has 18 heavy (non-hydrogen) atoms. The van der Waals surface area contributed by atoms with Gasteiger partial charge in [-0.15, -0.1) is 0 Å². The van der Waals surface area contributed by atoms with Gasteiger partial charge >= 0.3 is 0 Å². The molecule has 1 N–H and O–H groups in total. The van der Waals surface area contributed by atoms with E-state index in [4.69, 9.17) is 0 Å². The summed E-state index contributed by atoms with van der Waals surface area (Å²) in [5, 5.41) is 3.30. The van der Waals surface area contributed by atoms with E-state index in [1.54, 1.807) is 12.4 Å². The van der Waals surface area contributed by atoms with Crippen LogP contribution >= 0.6 is 0 Å². The topological polar surface area (TPSA) is 55.1 Å². The molecule has 3 heterocycles. The van der Waals surface area contributed by atoms with Crippen LogP contribution in [0.15, 0.2) is 43.1 Å². The SMILES string of the molecule is Cc1cn2ccnc2c(NCc2cccnc2)n1. The number of nitrogens with zero attached hydrogens (tertiary/aromatic N) is 4. The van der Waals surface area contributed by atoms with Gasteiger partial charge < -0.3 is 9.72 Å². The summed E-state index contributed by atoms with van der Waals surface area (Å²) in [6.07, 6.45) is 9.25. The highest BCUT2D eigenvalue weighted by Gasteiger charge is 2.05. The third-order valence-corrected chi connectivity index (χ3v) is 2.68. The molecule has 0 saturated carbocycles. The number of rotatable bonds is 3. The molecule has 5 heteroatoms. The summed E-state index contributed by atoms with van der Waals surface area (Å²) in [5.41, 5.74) is 2.91. The largest absolute Gasteiger partial charge is 0.363 e. The van der Waals surface area contributed by atoms with Crippen LogP contribution in [0.1, 0.15) is 11.3 Å². The lowest BCUT2D eigenvalue weighted by Crippen LogP contribution is -2.05. The third-order valence-electron chi connectivity index (χ3n) is 2.68. The molecule has 0 saturated heterocycles. The molecule has 0 aliphatic heterocycles. The molecule has 90 valence electrons. The fourth-order valence-corrected chi connectivity index (χ4v) is 1.86. The highest BCUT2D eigenvalue weighted by molar-refractivity contribution is 5.62. The number of nitrogens with one attached hydrogen (secondary N) is 1. The number of aromatic nitrogens is 4. The average molecular weight is 239 g/mol. The molecule has 0 fully saturated rings. The van der Waals surface area contributed by atoms with Crippen LogP contribution in [0.25, 0.3) is 5.65 Å². The van der Waals surface area contributed by atoms with Gasteiger partial charge in [0.25, 0.3) is 0 Å². The van der Waals surface area contributed by atoms with Gasteiger partial charge in [0.05, 0.1) is 5.69 Å². The Hall–Kier alpha value is -2.43. The second kappa shape index (κ2) is 4.44. The van der Waals surface area contributed by atoms with Crippen molar-refractivity contribution >= 4 is 11.5 Å². The summed E-state index contributed by atoms with van der Waals surface area (Å²) in [5.74, 6) is 0.795. The first kappa shape index (κ1) is 10.7. The van der Waals surface area contributed by atoms with Gasteiger partial charge in [-0.2, -0.15) is 0 Å². The van der Waals surface area contributed by atoms with Crippen molar-refractivity contribution in [1.82, 2.24) is 19.4 Å². The Morgan fingerprint density at radius 2 is 2.28 bits per heavy atom. The lowest BCUT2D eigenvalue weighted by atomic mass is 10.3. The molecule has 0 bridgehead atoms. The quantitative estimate of drug-likeness (QED) is 0.760. The molecule has 3 rings (SSSR count). The Kier molecular flexibility index (Phi) is 2.64. The first-order valence-electron chi connectivity index (χ1n) is 5.76. The first-order valence-corrected chi connectivity index (χ1v) is 5.76. The molecular weight excluding hydrogens is 226 g/mol. The predicted molar refractivity (Wildman–Crippen MR) is 69.3 cm³/mol. The van der Waals surface area contributed by atoms with E-state index in [-0.39, 0.29) is 0 Å². The highest BCUT2D eigenvalue weighted by Crippen LogP contribution is 2.14. The summed E-state index contributed by atoms with van der Waals surface area (Å²) in [4.78, 5) is 12.9. The van der Waals surface area contributed by atoms with Crippen molar-refractivity contribution in [2.45, 2.75) is 13.5 Å². The van der Waals surface area contributed by atoms with E-state index in [1.807, 2.05) is 42.0 Å². The lowest BCUT2D eigenvalue weighted by Gasteiger charge is -2.07. The zero-order chi connectivity index (χ0) is 12.4. The van der Waals surface area contributed by atoms with Crippen molar-refractivity contribution in [3.8, 4) is 0 Å². The lowest BCUT2D eigenvalue weighted by molar-refractivity contribution is 1.03. The first-order chi connectivity index (χ1) is 8.83. The number of hydrogen-bond acceptors (Lipinski definition) is 4.